The zero-order chi connectivity index (χ0) is 13.5. The Balaban J connectivity index is 2.43. The molecule has 0 radical (unpaired) electrons. The lowest BCUT2D eigenvalue weighted by atomic mass is 9.96. The molecule has 1 nitrogen and oxygen atoms in total. The summed E-state index contributed by atoms with van der Waals surface area (Å²) >= 11 is 0. The quantitative estimate of drug-likeness (QED) is 0.715. The Labute approximate surface area is 114 Å². The van der Waals surface area contributed by atoms with Crippen molar-refractivity contribution in [2.75, 3.05) is 0 Å². The fraction of sp³-hybridized carbons (Fsp3) is 0.167. The van der Waals surface area contributed by atoms with Crippen LogP contribution in [0.15, 0.2) is 66.7 Å². The van der Waals surface area contributed by atoms with E-state index in [-0.39, 0.29) is 5.78 Å². The van der Waals surface area contributed by atoms with E-state index in [2.05, 4.69) is 0 Å². The van der Waals surface area contributed by atoms with Crippen molar-refractivity contribution < 1.29 is 4.79 Å². The van der Waals surface area contributed by atoms with Crippen molar-refractivity contribution in [3.8, 4) is 0 Å². The minimum absolute atomic E-state index is 0.185. The summed E-state index contributed by atoms with van der Waals surface area (Å²) in [4.78, 5) is 11.9. The van der Waals surface area contributed by atoms with Crippen LogP contribution < -0.4 is 0 Å². The van der Waals surface area contributed by atoms with Crippen LogP contribution in [0.4, 0.5) is 0 Å². The van der Waals surface area contributed by atoms with Gasteiger partial charge in [-0.2, -0.15) is 0 Å². The first-order valence-corrected chi connectivity index (χ1v) is 6.66. The molecular formula is C18H18O. The molecule has 19 heavy (non-hydrogen) atoms. The van der Waals surface area contributed by atoms with Gasteiger partial charge in [-0.3, -0.25) is 4.79 Å². The maximum absolute atomic E-state index is 11.9. The minimum atomic E-state index is 0.185. The van der Waals surface area contributed by atoms with Crippen LogP contribution in [0.2, 0.25) is 0 Å². The average molecular weight is 250 g/mol. The molecule has 0 fully saturated rings. The highest BCUT2D eigenvalue weighted by Crippen LogP contribution is 2.23. The third-order valence-corrected chi connectivity index (χ3v) is 2.97. The Morgan fingerprint density at radius 1 is 0.895 bits per heavy atom. The van der Waals surface area contributed by atoms with Crippen molar-refractivity contribution in [3.05, 3.63) is 77.9 Å². The van der Waals surface area contributed by atoms with E-state index >= 15 is 0 Å². The van der Waals surface area contributed by atoms with Gasteiger partial charge in [0.2, 0.25) is 0 Å². The SMILES string of the molecule is CCCC(=O)C=C(c1ccccc1)c1ccccc1. The Bertz CT molecular complexity index is 511. The van der Waals surface area contributed by atoms with Crippen molar-refractivity contribution in [2.45, 2.75) is 19.8 Å². The zero-order valence-corrected chi connectivity index (χ0v) is 11.2. The van der Waals surface area contributed by atoms with Crippen LogP contribution in [0, 0.1) is 0 Å². The lowest BCUT2D eigenvalue weighted by Crippen LogP contribution is -1.96. The molecule has 0 bridgehead atoms. The normalized spacial score (nSPS) is 9.95. The summed E-state index contributed by atoms with van der Waals surface area (Å²) in [6.07, 6.45) is 3.25. The van der Waals surface area contributed by atoms with Gasteiger partial charge >= 0.3 is 0 Å². The van der Waals surface area contributed by atoms with Crippen LogP contribution in [-0.4, -0.2) is 5.78 Å². The summed E-state index contributed by atoms with van der Waals surface area (Å²) in [5.74, 6) is 0.185. The van der Waals surface area contributed by atoms with E-state index in [1.807, 2.05) is 67.6 Å². The van der Waals surface area contributed by atoms with Crippen molar-refractivity contribution >= 4 is 11.4 Å². The van der Waals surface area contributed by atoms with Crippen LogP contribution in [0.3, 0.4) is 0 Å². The fourth-order valence-corrected chi connectivity index (χ4v) is 2.05. The fourth-order valence-electron chi connectivity index (χ4n) is 2.05. The average Bonchev–Trinajstić information content (AvgIpc) is 2.47. The number of hydrogen-bond acceptors (Lipinski definition) is 1. The first-order chi connectivity index (χ1) is 9.31. The van der Waals surface area contributed by atoms with Gasteiger partial charge in [-0.25, -0.2) is 0 Å². The summed E-state index contributed by atoms with van der Waals surface area (Å²) in [6.45, 7) is 2.02. The van der Waals surface area contributed by atoms with Crippen LogP contribution in [0.1, 0.15) is 30.9 Å². The Morgan fingerprint density at radius 2 is 1.37 bits per heavy atom. The molecule has 0 N–H and O–H groups in total. The number of carbonyl (C=O) groups excluding carboxylic acids is 1. The van der Waals surface area contributed by atoms with Gasteiger partial charge in [-0.05, 0) is 29.2 Å². The third-order valence-electron chi connectivity index (χ3n) is 2.97. The molecule has 0 unspecified atom stereocenters. The van der Waals surface area contributed by atoms with Gasteiger partial charge < -0.3 is 0 Å². The van der Waals surface area contributed by atoms with E-state index in [0.717, 1.165) is 23.1 Å². The molecule has 96 valence electrons. The number of allylic oxidation sites excluding steroid dienone is 1. The largest absolute Gasteiger partial charge is 0.295 e. The third kappa shape index (κ3) is 3.65. The topological polar surface area (TPSA) is 17.1 Å². The van der Waals surface area contributed by atoms with Crippen molar-refractivity contribution in [2.24, 2.45) is 0 Å². The molecule has 0 aliphatic rings. The van der Waals surface area contributed by atoms with Crippen molar-refractivity contribution in [1.82, 2.24) is 0 Å². The van der Waals surface area contributed by atoms with Crippen LogP contribution >= 0.6 is 0 Å². The predicted octanol–water partition coefficient (Wildman–Crippen LogP) is 4.49. The van der Waals surface area contributed by atoms with E-state index in [1.54, 1.807) is 6.08 Å². The Hall–Kier alpha value is -2.15. The van der Waals surface area contributed by atoms with Crippen molar-refractivity contribution in [3.63, 3.8) is 0 Å². The molecule has 1 heteroatoms. The van der Waals surface area contributed by atoms with Gasteiger partial charge in [-0.15, -0.1) is 0 Å². The summed E-state index contributed by atoms with van der Waals surface area (Å²) < 4.78 is 0. The monoisotopic (exact) mass is 250 g/mol. The number of ketones is 1. The summed E-state index contributed by atoms with van der Waals surface area (Å²) in [5.41, 5.74) is 3.16. The number of rotatable bonds is 5. The molecule has 0 saturated heterocycles. The van der Waals surface area contributed by atoms with Crippen LogP contribution in [-0.2, 0) is 4.79 Å². The molecule has 2 rings (SSSR count). The van der Waals surface area contributed by atoms with Gasteiger partial charge in [0.05, 0.1) is 0 Å². The standard InChI is InChI=1S/C18H18O/c1-2-9-17(19)14-18(15-10-5-3-6-11-15)16-12-7-4-8-13-16/h3-8,10-14H,2,9H2,1H3. The molecule has 0 aliphatic carbocycles. The molecule has 0 aromatic heterocycles. The molecule has 2 aromatic rings. The maximum atomic E-state index is 11.9. The summed E-state index contributed by atoms with van der Waals surface area (Å²) in [6, 6.07) is 20.1. The zero-order valence-electron chi connectivity index (χ0n) is 11.2. The van der Waals surface area contributed by atoms with Gasteiger partial charge in [-0.1, -0.05) is 67.6 Å². The minimum Gasteiger partial charge on any atom is -0.295 e. The van der Waals surface area contributed by atoms with E-state index in [0.29, 0.717) is 6.42 Å². The smallest absolute Gasteiger partial charge is 0.156 e. The first kappa shape index (κ1) is 13.3. The highest BCUT2D eigenvalue weighted by Gasteiger charge is 2.06. The highest BCUT2D eigenvalue weighted by molar-refractivity contribution is 6.00. The van der Waals surface area contributed by atoms with Crippen molar-refractivity contribution in [1.29, 1.82) is 0 Å². The van der Waals surface area contributed by atoms with Crippen LogP contribution in [0.25, 0.3) is 5.57 Å². The van der Waals surface area contributed by atoms with Crippen LogP contribution in [0.5, 0.6) is 0 Å². The number of hydrogen-bond donors (Lipinski definition) is 0. The molecule has 0 amide bonds. The van der Waals surface area contributed by atoms with Gasteiger partial charge in [0.1, 0.15) is 0 Å². The Morgan fingerprint density at radius 3 is 1.79 bits per heavy atom. The highest BCUT2D eigenvalue weighted by atomic mass is 16.1. The second-order valence-electron chi connectivity index (χ2n) is 4.51. The Kier molecular flexibility index (Phi) is 4.68. The second kappa shape index (κ2) is 6.69. The van der Waals surface area contributed by atoms with E-state index in [4.69, 9.17) is 0 Å². The number of carbonyl (C=O) groups is 1. The number of benzene rings is 2. The summed E-state index contributed by atoms with van der Waals surface area (Å²) in [7, 11) is 0. The lowest BCUT2D eigenvalue weighted by molar-refractivity contribution is -0.114. The molecule has 0 spiro atoms. The van der Waals surface area contributed by atoms with Gasteiger partial charge in [0, 0.05) is 6.42 Å². The molecule has 0 atom stereocenters. The van der Waals surface area contributed by atoms with E-state index in [1.165, 1.54) is 0 Å². The van der Waals surface area contributed by atoms with Gasteiger partial charge in [0.25, 0.3) is 0 Å². The second-order valence-corrected chi connectivity index (χ2v) is 4.51. The molecule has 2 aromatic carbocycles. The lowest BCUT2D eigenvalue weighted by Gasteiger charge is -2.08. The van der Waals surface area contributed by atoms with E-state index < -0.39 is 0 Å². The molecular weight excluding hydrogens is 232 g/mol. The van der Waals surface area contributed by atoms with Gasteiger partial charge in [0.15, 0.2) is 5.78 Å². The maximum Gasteiger partial charge on any atom is 0.156 e. The first-order valence-electron chi connectivity index (χ1n) is 6.66. The molecule has 0 aliphatic heterocycles. The molecule has 0 saturated carbocycles. The molecule has 0 heterocycles. The van der Waals surface area contributed by atoms with E-state index in [9.17, 15) is 4.79 Å². The predicted molar refractivity (Wildman–Crippen MR) is 79.9 cm³/mol. The summed E-state index contributed by atoms with van der Waals surface area (Å²) in [5, 5.41) is 0.